The van der Waals surface area contributed by atoms with E-state index >= 15 is 0 Å². The summed E-state index contributed by atoms with van der Waals surface area (Å²) in [6.45, 7) is 2.11. The zero-order valence-electron chi connectivity index (χ0n) is 10.1. The summed E-state index contributed by atoms with van der Waals surface area (Å²) in [5, 5.41) is 6.47. The van der Waals surface area contributed by atoms with Gasteiger partial charge in [0.2, 0.25) is 0 Å². The van der Waals surface area contributed by atoms with Crippen molar-refractivity contribution < 1.29 is 0 Å². The van der Waals surface area contributed by atoms with Crippen molar-refractivity contribution in [2.24, 2.45) is 7.05 Å². The van der Waals surface area contributed by atoms with Crippen LogP contribution in [0.2, 0.25) is 0 Å². The molecule has 2 N–H and O–H groups in total. The molecule has 0 unspecified atom stereocenters. The average Bonchev–Trinajstić information content (AvgIpc) is 2.98. The van der Waals surface area contributed by atoms with Gasteiger partial charge in [0.25, 0.3) is 0 Å². The number of anilines is 1. The van der Waals surface area contributed by atoms with Gasteiger partial charge in [0, 0.05) is 24.7 Å². The maximum absolute atomic E-state index is 6.09. The van der Waals surface area contributed by atoms with Crippen LogP contribution >= 0.6 is 11.3 Å². The molecule has 0 bridgehead atoms. The van der Waals surface area contributed by atoms with Gasteiger partial charge < -0.3 is 5.73 Å². The molecule has 0 spiro atoms. The lowest BCUT2D eigenvalue weighted by molar-refractivity contribution is 0.746. The van der Waals surface area contributed by atoms with E-state index < -0.39 is 0 Å². The monoisotopic (exact) mass is 248 g/mol. The predicted molar refractivity (Wildman–Crippen MR) is 70.1 cm³/mol. The molecule has 0 saturated heterocycles. The Morgan fingerprint density at radius 2 is 2.29 bits per heavy atom. The van der Waals surface area contributed by atoms with Crippen LogP contribution in [0.5, 0.6) is 0 Å². The molecular weight excluding hydrogens is 232 g/mol. The van der Waals surface area contributed by atoms with Gasteiger partial charge in [-0.3, -0.25) is 4.68 Å². The molecule has 4 nitrogen and oxygen atoms in total. The van der Waals surface area contributed by atoms with Crippen molar-refractivity contribution in [3.63, 3.8) is 0 Å². The first-order chi connectivity index (χ1) is 8.19. The molecule has 0 aliphatic heterocycles. The van der Waals surface area contributed by atoms with Crippen LogP contribution in [0.4, 0.5) is 5.00 Å². The number of rotatable bonds is 3. The van der Waals surface area contributed by atoms with E-state index in [0.717, 1.165) is 28.4 Å². The number of aryl methyl sites for hydroxylation is 2. The molecule has 90 valence electrons. The largest absolute Gasteiger partial charge is 0.389 e. The molecule has 1 saturated carbocycles. The second-order valence-corrected chi connectivity index (χ2v) is 5.62. The number of nitrogens with two attached hydrogens (primary N) is 1. The van der Waals surface area contributed by atoms with E-state index in [0.29, 0.717) is 5.92 Å². The van der Waals surface area contributed by atoms with Gasteiger partial charge >= 0.3 is 0 Å². The van der Waals surface area contributed by atoms with Crippen LogP contribution in [0.15, 0.2) is 6.20 Å². The van der Waals surface area contributed by atoms with E-state index in [4.69, 9.17) is 10.7 Å². The smallest absolute Gasteiger partial charge is 0.114 e. The third-order valence-corrected chi connectivity index (χ3v) is 4.14. The van der Waals surface area contributed by atoms with E-state index in [1.165, 1.54) is 17.8 Å². The van der Waals surface area contributed by atoms with E-state index in [-0.39, 0.29) is 0 Å². The molecule has 1 aliphatic carbocycles. The first-order valence-electron chi connectivity index (χ1n) is 5.98. The van der Waals surface area contributed by atoms with Crippen LogP contribution in [0.25, 0.3) is 11.3 Å². The Labute approximate surface area is 104 Å². The highest BCUT2D eigenvalue weighted by Crippen LogP contribution is 2.45. The van der Waals surface area contributed by atoms with Crippen LogP contribution < -0.4 is 5.73 Å². The highest BCUT2D eigenvalue weighted by atomic mass is 32.1. The summed E-state index contributed by atoms with van der Waals surface area (Å²) < 4.78 is 1.84. The first-order valence-corrected chi connectivity index (χ1v) is 6.79. The third kappa shape index (κ3) is 1.84. The molecule has 0 atom stereocenters. The highest BCUT2D eigenvalue weighted by molar-refractivity contribution is 7.16. The number of hydrogen-bond donors (Lipinski definition) is 1. The topological polar surface area (TPSA) is 56.7 Å². The average molecular weight is 248 g/mol. The molecule has 1 fully saturated rings. The van der Waals surface area contributed by atoms with E-state index in [9.17, 15) is 0 Å². The number of hydrogen-bond acceptors (Lipinski definition) is 4. The molecule has 2 heterocycles. The van der Waals surface area contributed by atoms with Gasteiger partial charge in [0.15, 0.2) is 0 Å². The summed E-state index contributed by atoms with van der Waals surface area (Å²) in [5.41, 5.74) is 9.19. The van der Waals surface area contributed by atoms with Crippen LogP contribution in [0.3, 0.4) is 0 Å². The minimum Gasteiger partial charge on any atom is -0.389 e. The van der Waals surface area contributed by atoms with Gasteiger partial charge in [0.05, 0.1) is 10.7 Å². The van der Waals surface area contributed by atoms with Crippen LogP contribution in [-0.2, 0) is 13.5 Å². The van der Waals surface area contributed by atoms with Crippen molar-refractivity contribution >= 4 is 16.3 Å². The fourth-order valence-corrected chi connectivity index (χ4v) is 3.06. The lowest BCUT2D eigenvalue weighted by Gasteiger charge is -1.96. The number of thiazole rings is 1. The molecule has 5 heteroatoms. The van der Waals surface area contributed by atoms with E-state index in [2.05, 4.69) is 12.0 Å². The number of nitrogens with zero attached hydrogens (tertiary/aromatic N) is 3. The minimum atomic E-state index is 0.665. The molecule has 3 rings (SSSR count). The normalized spacial score (nSPS) is 15.4. The van der Waals surface area contributed by atoms with Gasteiger partial charge in [-0.05, 0) is 19.3 Å². The maximum atomic E-state index is 6.09. The Kier molecular flexibility index (Phi) is 2.43. The fourth-order valence-electron chi connectivity index (χ4n) is 2.04. The Morgan fingerprint density at radius 1 is 1.53 bits per heavy atom. The van der Waals surface area contributed by atoms with Crippen LogP contribution in [0.1, 0.15) is 36.4 Å². The molecule has 0 aromatic carbocycles. The molecule has 2 aromatic rings. The van der Waals surface area contributed by atoms with Crippen molar-refractivity contribution in [1.82, 2.24) is 14.8 Å². The second-order valence-electron chi connectivity index (χ2n) is 4.56. The molecular formula is C12H16N4S. The molecule has 2 aromatic heterocycles. The lowest BCUT2D eigenvalue weighted by atomic mass is 10.1. The zero-order chi connectivity index (χ0) is 12.0. The summed E-state index contributed by atoms with van der Waals surface area (Å²) in [6, 6.07) is 0. The van der Waals surface area contributed by atoms with Gasteiger partial charge in [0.1, 0.15) is 10.7 Å². The summed E-state index contributed by atoms with van der Waals surface area (Å²) >= 11 is 1.64. The SMILES string of the molecule is CCc1nn(C)cc1-c1nc(C2CC2)sc1N. The van der Waals surface area contributed by atoms with Gasteiger partial charge in [-0.15, -0.1) is 11.3 Å². The summed E-state index contributed by atoms with van der Waals surface area (Å²) in [7, 11) is 1.94. The number of aromatic nitrogens is 3. The van der Waals surface area contributed by atoms with Crippen molar-refractivity contribution in [1.29, 1.82) is 0 Å². The second kappa shape index (κ2) is 3.84. The fraction of sp³-hybridized carbons (Fsp3) is 0.500. The van der Waals surface area contributed by atoms with E-state index in [1.54, 1.807) is 11.3 Å². The van der Waals surface area contributed by atoms with Crippen molar-refractivity contribution in [3.8, 4) is 11.3 Å². The predicted octanol–water partition coefficient (Wildman–Crippen LogP) is 2.57. The van der Waals surface area contributed by atoms with Crippen LogP contribution in [0, 0.1) is 0 Å². The van der Waals surface area contributed by atoms with Gasteiger partial charge in [-0.2, -0.15) is 5.10 Å². The molecule has 1 aliphatic rings. The third-order valence-electron chi connectivity index (χ3n) is 3.09. The lowest BCUT2D eigenvalue weighted by Crippen LogP contribution is -1.90. The summed E-state index contributed by atoms with van der Waals surface area (Å²) in [4.78, 5) is 4.70. The standard InChI is InChI=1S/C12H16N4S/c1-3-9-8(6-16(2)15-9)10-11(13)17-12(14-10)7-4-5-7/h6-7H,3-5,13H2,1-2H3. The van der Waals surface area contributed by atoms with Crippen molar-refractivity contribution in [2.75, 3.05) is 5.73 Å². The first kappa shape index (κ1) is 10.8. The quantitative estimate of drug-likeness (QED) is 0.908. The number of nitrogen functional groups attached to an aromatic ring is 1. The zero-order valence-corrected chi connectivity index (χ0v) is 10.9. The van der Waals surface area contributed by atoms with Crippen molar-refractivity contribution in [3.05, 3.63) is 16.9 Å². The molecule has 0 amide bonds. The van der Waals surface area contributed by atoms with Crippen LogP contribution in [-0.4, -0.2) is 14.8 Å². The molecule has 17 heavy (non-hydrogen) atoms. The van der Waals surface area contributed by atoms with Crippen molar-refractivity contribution in [2.45, 2.75) is 32.1 Å². The van der Waals surface area contributed by atoms with Gasteiger partial charge in [-0.25, -0.2) is 4.98 Å². The highest BCUT2D eigenvalue weighted by Gasteiger charge is 2.28. The van der Waals surface area contributed by atoms with E-state index in [1.807, 2.05) is 17.9 Å². The molecule has 0 radical (unpaired) electrons. The summed E-state index contributed by atoms with van der Waals surface area (Å²) in [6.07, 6.45) is 5.45. The van der Waals surface area contributed by atoms with Gasteiger partial charge in [-0.1, -0.05) is 6.92 Å². The Bertz CT molecular complexity index is 551. The Balaban J connectivity index is 2.07. The maximum Gasteiger partial charge on any atom is 0.114 e. The Hall–Kier alpha value is -1.36. The summed E-state index contributed by atoms with van der Waals surface area (Å²) in [5.74, 6) is 0.665. The Morgan fingerprint density at radius 3 is 2.94 bits per heavy atom. The minimum absolute atomic E-state index is 0.665.